The molecule has 0 fully saturated rings. The molecule has 0 bridgehead atoms. The minimum absolute atomic E-state index is 0.106. The lowest BCUT2D eigenvalue weighted by Crippen LogP contribution is -2.37. The summed E-state index contributed by atoms with van der Waals surface area (Å²) in [7, 11) is 0. The van der Waals surface area contributed by atoms with E-state index in [1.165, 1.54) is 0 Å². The zero-order chi connectivity index (χ0) is 27.4. The number of hydrogen-bond acceptors (Lipinski definition) is 3. The Labute approximate surface area is 228 Å². The average Bonchev–Trinajstić information content (AvgIpc) is 3.37. The largest absolute Gasteiger partial charge is 0.325 e. The fraction of sp³-hybridized carbons (Fsp3) is 0.182. The number of amides is 2. The Morgan fingerprint density at radius 1 is 0.795 bits per heavy atom. The molecule has 4 aromatic carbocycles. The van der Waals surface area contributed by atoms with Crippen molar-refractivity contribution in [3.8, 4) is 5.69 Å². The summed E-state index contributed by atoms with van der Waals surface area (Å²) in [5.41, 5.74) is 2.99. The summed E-state index contributed by atoms with van der Waals surface area (Å²) in [6, 6.07) is 34.9. The third-order valence-corrected chi connectivity index (χ3v) is 6.58. The second-order valence-corrected chi connectivity index (χ2v) is 10.7. The van der Waals surface area contributed by atoms with Crippen LogP contribution in [0, 0.1) is 0 Å². The Bertz CT molecular complexity index is 1600. The number of benzene rings is 4. The van der Waals surface area contributed by atoms with E-state index in [1.807, 2.05) is 109 Å². The fourth-order valence-electron chi connectivity index (χ4n) is 4.47. The molecule has 0 saturated heterocycles. The molecule has 1 aromatic heterocycles. The van der Waals surface area contributed by atoms with Crippen LogP contribution in [0.5, 0.6) is 0 Å². The smallest absolute Gasteiger partial charge is 0.254 e. The van der Waals surface area contributed by atoms with Gasteiger partial charge < -0.3 is 10.2 Å². The molecule has 0 saturated carbocycles. The van der Waals surface area contributed by atoms with Gasteiger partial charge in [-0.2, -0.15) is 5.10 Å². The highest BCUT2D eigenvalue weighted by Gasteiger charge is 2.24. The third kappa shape index (κ3) is 6.07. The van der Waals surface area contributed by atoms with E-state index in [2.05, 4.69) is 26.1 Å². The van der Waals surface area contributed by atoms with Crippen molar-refractivity contribution in [1.82, 2.24) is 14.7 Å². The van der Waals surface area contributed by atoms with Crippen molar-refractivity contribution in [2.24, 2.45) is 0 Å². The number of nitrogens with one attached hydrogen (secondary N) is 1. The molecule has 0 aliphatic carbocycles. The summed E-state index contributed by atoms with van der Waals surface area (Å²) in [4.78, 5) is 28.8. The van der Waals surface area contributed by atoms with E-state index in [-0.39, 0.29) is 23.8 Å². The van der Waals surface area contributed by atoms with Crippen LogP contribution in [-0.4, -0.2) is 33.0 Å². The Morgan fingerprint density at radius 3 is 2.13 bits per heavy atom. The molecule has 0 radical (unpaired) electrons. The maximum atomic E-state index is 13.7. The van der Waals surface area contributed by atoms with Gasteiger partial charge in [-0.3, -0.25) is 9.59 Å². The topological polar surface area (TPSA) is 67.2 Å². The van der Waals surface area contributed by atoms with Crippen molar-refractivity contribution in [3.05, 3.63) is 126 Å². The van der Waals surface area contributed by atoms with E-state index >= 15 is 0 Å². The van der Waals surface area contributed by atoms with Gasteiger partial charge in [-0.25, -0.2) is 4.68 Å². The Balaban J connectivity index is 1.43. The maximum Gasteiger partial charge on any atom is 0.254 e. The van der Waals surface area contributed by atoms with Crippen molar-refractivity contribution in [3.63, 3.8) is 0 Å². The van der Waals surface area contributed by atoms with E-state index in [0.29, 0.717) is 17.9 Å². The van der Waals surface area contributed by atoms with Crippen LogP contribution in [0.3, 0.4) is 0 Å². The number of nitrogens with zero attached hydrogens (tertiary/aromatic N) is 3. The van der Waals surface area contributed by atoms with Crippen LogP contribution in [0.4, 0.5) is 5.82 Å². The second-order valence-electron chi connectivity index (χ2n) is 10.7. The molecule has 196 valence electrons. The summed E-state index contributed by atoms with van der Waals surface area (Å²) in [5, 5.41) is 9.85. The Hall–Kier alpha value is -4.71. The van der Waals surface area contributed by atoms with Crippen molar-refractivity contribution >= 4 is 28.4 Å². The zero-order valence-electron chi connectivity index (χ0n) is 22.5. The zero-order valence-corrected chi connectivity index (χ0v) is 22.5. The number of fused-ring (bicyclic) bond motifs is 1. The Morgan fingerprint density at radius 2 is 1.44 bits per heavy atom. The molecule has 0 aliphatic rings. The first-order valence-electron chi connectivity index (χ1n) is 13.1. The summed E-state index contributed by atoms with van der Waals surface area (Å²) in [6.07, 6.45) is 0. The lowest BCUT2D eigenvalue weighted by Gasteiger charge is -2.23. The SMILES string of the molecule is CC(C)(C)c1cc(NC(=O)CN(Cc2ccccc2)C(=O)c2ccc3ccccc3c2)n(-c2ccccc2)n1. The molecule has 0 atom stereocenters. The molecule has 2 amide bonds. The van der Waals surface area contributed by atoms with Crippen LogP contribution in [0.1, 0.15) is 42.4 Å². The highest BCUT2D eigenvalue weighted by atomic mass is 16.2. The van der Waals surface area contributed by atoms with Gasteiger partial charge in [0.25, 0.3) is 5.91 Å². The minimum atomic E-state index is -0.294. The molecule has 1 heterocycles. The van der Waals surface area contributed by atoms with Gasteiger partial charge in [0.2, 0.25) is 5.91 Å². The van der Waals surface area contributed by atoms with Crippen LogP contribution >= 0.6 is 0 Å². The Kier molecular flexibility index (Phi) is 7.28. The first kappa shape index (κ1) is 25.9. The predicted octanol–water partition coefficient (Wildman–Crippen LogP) is 6.60. The van der Waals surface area contributed by atoms with Crippen LogP contribution in [0.2, 0.25) is 0 Å². The number of carbonyl (C=O) groups excluding carboxylic acids is 2. The number of para-hydroxylation sites is 1. The number of anilines is 1. The maximum absolute atomic E-state index is 13.7. The van der Waals surface area contributed by atoms with Crippen molar-refractivity contribution in [1.29, 1.82) is 0 Å². The summed E-state index contributed by atoms with van der Waals surface area (Å²) >= 11 is 0. The molecule has 39 heavy (non-hydrogen) atoms. The number of carbonyl (C=O) groups is 2. The molecule has 6 heteroatoms. The lowest BCUT2D eigenvalue weighted by molar-refractivity contribution is -0.117. The van der Waals surface area contributed by atoms with Crippen LogP contribution in [-0.2, 0) is 16.8 Å². The fourth-order valence-corrected chi connectivity index (χ4v) is 4.47. The summed E-state index contributed by atoms with van der Waals surface area (Å²) in [5.74, 6) is 0.0678. The lowest BCUT2D eigenvalue weighted by atomic mass is 9.92. The van der Waals surface area contributed by atoms with Crippen molar-refractivity contribution in [2.45, 2.75) is 32.7 Å². The number of aromatic nitrogens is 2. The standard InChI is InChI=1S/C33H32N4O2/c1-33(2,3)29-21-30(37(35-29)28-16-8-5-9-17-28)34-31(38)23-36(22-24-12-6-4-7-13-24)32(39)27-19-18-25-14-10-11-15-26(25)20-27/h4-21H,22-23H2,1-3H3,(H,34,38). The van der Waals surface area contributed by atoms with E-state index < -0.39 is 0 Å². The van der Waals surface area contributed by atoms with Crippen LogP contribution in [0.15, 0.2) is 109 Å². The predicted molar refractivity (Wildman–Crippen MR) is 156 cm³/mol. The first-order chi connectivity index (χ1) is 18.8. The van der Waals surface area contributed by atoms with Gasteiger partial charge in [-0.05, 0) is 40.6 Å². The van der Waals surface area contributed by atoms with Crippen molar-refractivity contribution in [2.75, 3.05) is 11.9 Å². The molecule has 0 spiro atoms. The average molecular weight is 517 g/mol. The summed E-state index contributed by atoms with van der Waals surface area (Å²) in [6.45, 7) is 6.46. The normalized spacial score (nSPS) is 11.4. The van der Waals surface area contributed by atoms with Crippen molar-refractivity contribution < 1.29 is 9.59 Å². The molecule has 5 rings (SSSR count). The van der Waals surface area contributed by atoms with Gasteiger partial charge in [0.1, 0.15) is 12.4 Å². The van der Waals surface area contributed by atoms with E-state index in [4.69, 9.17) is 5.10 Å². The molecule has 0 aliphatic heterocycles. The third-order valence-electron chi connectivity index (χ3n) is 6.58. The highest BCUT2D eigenvalue weighted by molar-refractivity contribution is 6.01. The van der Waals surface area contributed by atoms with E-state index in [9.17, 15) is 9.59 Å². The monoisotopic (exact) mass is 516 g/mol. The molecule has 1 N–H and O–H groups in total. The molecule has 5 aromatic rings. The minimum Gasteiger partial charge on any atom is -0.325 e. The van der Waals surface area contributed by atoms with Gasteiger partial charge in [0, 0.05) is 23.6 Å². The molecule has 0 unspecified atom stereocenters. The summed E-state index contributed by atoms with van der Waals surface area (Å²) < 4.78 is 1.74. The van der Waals surface area contributed by atoms with Gasteiger partial charge in [0.05, 0.1) is 11.4 Å². The second kappa shape index (κ2) is 11.0. The first-order valence-corrected chi connectivity index (χ1v) is 13.1. The van der Waals surface area contributed by atoms with Gasteiger partial charge in [0.15, 0.2) is 0 Å². The molecular formula is C33H32N4O2. The van der Waals surface area contributed by atoms with Gasteiger partial charge >= 0.3 is 0 Å². The van der Waals surface area contributed by atoms with E-state index in [1.54, 1.807) is 9.58 Å². The number of rotatable bonds is 7. The number of hydrogen-bond donors (Lipinski definition) is 1. The van der Waals surface area contributed by atoms with Crippen LogP contribution < -0.4 is 5.32 Å². The highest BCUT2D eigenvalue weighted by Crippen LogP contribution is 2.26. The molecule has 6 nitrogen and oxygen atoms in total. The van der Waals surface area contributed by atoms with Crippen LogP contribution in [0.25, 0.3) is 16.5 Å². The molecular weight excluding hydrogens is 484 g/mol. The quantitative estimate of drug-likeness (QED) is 0.265. The van der Waals surface area contributed by atoms with Gasteiger partial charge in [-0.15, -0.1) is 0 Å². The van der Waals surface area contributed by atoms with E-state index in [0.717, 1.165) is 27.7 Å². The van der Waals surface area contributed by atoms with Gasteiger partial charge in [-0.1, -0.05) is 99.6 Å².